The fourth-order valence-corrected chi connectivity index (χ4v) is 4.07. The Kier molecular flexibility index (Phi) is 6.76. The summed E-state index contributed by atoms with van der Waals surface area (Å²) in [6.07, 6.45) is -1.09. The summed E-state index contributed by atoms with van der Waals surface area (Å²) in [5.74, 6) is -1.25. The van der Waals surface area contributed by atoms with Gasteiger partial charge in [0.1, 0.15) is 5.69 Å². The minimum Gasteiger partial charge on any atom is -0.448 e. The van der Waals surface area contributed by atoms with Gasteiger partial charge in [-0.1, -0.05) is 48.0 Å². The predicted octanol–water partition coefficient (Wildman–Crippen LogP) is 5.66. The number of hydrogen-bond acceptors (Lipinski definition) is 4. The van der Waals surface area contributed by atoms with E-state index in [0.717, 1.165) is 11.1 Å². The number of amides is 1. The van der Waals surface area contributed by atoms with Crippen LogP contribution in [-0.2, 0) is 16.6 Å². The molecule has 7 heteroatoms. The van der Waals surface area contributed by atoms with Gasteiger partial charge in [-0.2, -0.15) is 0 Å². The van der Waals surface area contributed by atoms with Gasteiger partial charge in [0.2, 0.25) is 0 Å². The quantitative estimate of drug-likeness (QED) is 0.368. The first kappa shape index (κ1) is 24.2. The van der Waals surface area contributed by atoms with Crippen molar-refractivity contribution in [3.63, 3.8) is 0 Å². The minimum absolute atomic E-state index is 0.0573. The zero-order chi connectivity index (χ0) is 25.3. The number of carbonyl (C=O) groups is 2. The van der Waals surface area contributed by atoms with Crippen molar-refractivity contribution in [2.75, 3.05) is 5.32 Å². The maximum Gasteiger partial charge on any atom is 0.356 e. The molecule has 3 aromatic carbocycles. The van der Waals surface area contributed by atoms with Crippen molar-refractivity contribution in [2.45, 2.75) is 26.9 Å². The maximum absolute atomic E-state index is 13.4. The average molecular weight is 489 g/mol. The van der Waals surface area contributed by atoms with Gasteiger partial charge in [0.25, 0.3) is 11.5 Å². The van der Waals surface area contributed by atoms with Gasteiger partial charge in [-0.3, -0.25) is 9.59 Å². The first-order chi connectivity index (χ1) is 16.7. The highest BCUT2D eigenvalue weighted by atomic mass is 35.5. The van der Waals surface area contributed by atoms with Crippen molar-refractivity contribution in [1.29, 1.82) is 0 Å². The number of hydrogen-bond donors (Lipinski definition) is 1. The number of anilines is 1. The maximum atomic E-state index is 13.4. The lowest BCUT2D eigenvalue weighted by Crippen LogP contribution is -2.33. The smallest absolute Gasteiger partial charge is 0.356 e. The lowest BCUT2D eigenvalue weighted by molar-refractivity contribution is -0.123. The predicted molar refractivity (Wildman–Crippen MR) is 139 cm³/mol. The number of nitrogens with zero attached hydrogens (tertiary/aromatic N) is 1. The van der Waals surface area contributed by atoms with Crippen LogP contribution in [0.1, 0.15) is 28.5 Å². The fraction of sp³-hybridized carbons (Fsp3) is 0.179. The third-order valence-electron chi connectivity index (χ3n) is 6.06. The number of rotatable bonds is 5. The Balaban J connectivity index is 1.72. The first-order valence-corrected chi connectivity index (χ1v) is 11.5. The number of ether oxygens (including phenoxy) is 1. The van der Waals surface area contributed by atoms with E-state index in [9.17, 15) is 14.4 Å². The lowest BCUT2D eigenvalue weighted by Gasteiger charge is -2.19. The summed E-state index contributed by atoms with van der Waals surface area (Å²) in [6, 6.07) is 19.6. The molecule has 0 aliphatic rings. The van der Waals surface area contributed by atoms with Crippen molar-refractivity contribution < 1.29 is 14.3 Å². The Hall–Kier alpha value is -3.90. The molecule has 0 aliphatic heterocycles. The van der Waals surface area contributed by atoms with Crippen LogP contribution in [0.2, 0.25) is 5.02 Å². The van der Waals surface area contributed by atoms with Crippen LogP contribution >= 0.6 is 11.6 Å². The van der Waals surface area contributed by atoms with Gasteiger partial charge in [0.05, 0.1) is 0 Å². The second kappa shape index (κ2) is 9.76. The number of aromatic nitrogens is 1. The average Bonchev–Trinajstić information content (AvgIpc) is 2.84. The summed E-state index contributed by atoms with van der Waals surface area (Å²) in [7, 11) is 1.52. The van der Waals surface area contributed by atoms with Gasteiger partial charge in [0.15, 0.2) is 6.10 Å². The molecule has 0 aliphatic carbocycles. The van der Waals surface area contributed by atoms with Crippen LogP contribution in [0.3, 0.4) is 0 Å². The van der Waals surface area contributed by atoms with Crippen LogP contribution in [0.15, 0.2) is 71.5 Å². The number of aryl methyl sites for hydroxylation is 2. The molecule has 1 unspecified atom stereocenters. The van der Waals surface area contributed by atoms with Crippen molar-refractivity contribution in [1.82, 2.24) is 4.57 Å². The molecular formula is C28H25ClN2O4. The summed E-state index contributed by atoms with van der Waals surface area (Å²) in [6.45, 7) is 5.43. The molecule has 4 rings (SSSR count). The van der Waals surface area contributed by atoms with Gasteiger partial charge < -0.3 is 14.6 Å². The molecule has 0 bridgehead atoms. The van der Waals surface area contributed by atoms with E-state index in [4.69, 9.17) is 16.3 Å². The number of nitrogens with one attached hydrogen (secondary N) is 1. The Morgan fingerprint density at radius 3 is 2.26 bits per heavy atom. The van der Waals surface area contributed by atoms with Crippen LogP contribution in [-0.4, -0.2) is 22.5 Å². The molecule has 1 heterocycles. The monoisotopic (exact) mass is 488 g/mol. The molecule has 0 radical (unpaired) electrons. The number of carbonyl (C=O) groups excluding carboxylic acids is 2. The van der Waals surface area contributed by atoms with E-state index in [1.54, 1.807) is 54.6 Å². The SMILES string of the molecule is Cc1ccc(NC(=O)C(C)OC(=O)c2c(-c3ccc(Cl)cc3)c3ccccc3c(=O)n2C)cc1C. The molecule has 4 aromatic rings. The van der Waals surface area contributed by atoms with Gasteiger partial charge in [-0.25, -0.2) is 4.79 Å². The summed E-state index contributed by atoms with van der Waals surface area (Å²) >= 11 is 6.07. The van der Waals surface area contributed by atoms with Crippen molar-refractivity contribution in [2.24, 2.45) is 7.05 Å². The minimum atomic E-state index is -1.09. The zero-order valence-corrected chi connectivity index (χ0v) is 20.6. The van der Waals surface area contributed by atoms with Crippen LogP contribution < -0.4 is 10.9 Å². The van der Waals surface area contributed by atoms with Crippen LogP contribution in [0.4, 0.5) is 5.69 Å². The molecule has 0 fully saturated rings. The van der Waals surface area contributed by atoms with Gasteiger partial charge >= 0.3 is 5.97 Å². The summed E-state index contributed by atoms with van der Waals surface area (Å²) < 4.78 is 6.82. The van der Waals surface area contributed by atoms with Crippen molar-refractivity contribution in [3.05, 3.63) is 98.9 Å². The molecule has 1 atom stereocenters. The molecule has 0 saturated heterocycles. The Bertz CT molecular complexity index is 1510. The van der Waals surface area contributed by atoms with Crippen molar-refractivity contribution in [3.8, 4) is 11.1 Å². The topological polar surface area (TPSA) is 77.4 Å². The van der Waals surface area contributed by atoms with E-state index in [-0.39, 0.29) is 11.3 Å². The van der Waals surface area contributed by atoms with Gasteiger partial charge in [-0.05, 0) is 73.2 Å². The largest absolute Gasteiger partial charge is 0.448 e. The molecule has 1 N–H and O–H groups in total. The first-order valence-electron chi connectivity index (χ1n) is 11.1. The van der Waals surface area contributed by atoms with E-state index in [0.29, 0.717) is 32.6 Å². The standard InChI is InChI=1S/C28H25ClN2O4/c1-16-9-14-21(15-17(16)2)30-26(32)18(3)35-28(34)25-24(19-10-12-20(29)13-11-19)22-7-5-6-8-23(22)27(33)31(25)4/h5-15,18H,1-4H3,(H,30,32). The van der Waals surface area contributed by atoms with E-state index < -0.39 is 18.0 Å². The molecule has 6 nitrogen and oxygen atoms in total. The number of pyridine rings is 1. The second-order valence-corrected chi connectivity index (χ2v) is 8.91. The Morgan fingerprint density at radius 2 is 1.60 bits per heavy atom. The zero-order valence-electron chi connectivity index (χ0n) is 19.9. The normalized spacial score (nSPS) is 11.8. The fourth-order valence-electron chi connectivity index (χ4n) is 3.95. The summed E-state index contributed by atoms with van der Waals surface area (Å²) in [4.78, 5) is 39.2. The van der Waals surface area contributed by atoms with E-state index >= 15 is 0 Å². The van der Waals surface area contributed by atoms with E-state index in [1.807, 2.05) is 26.0 Å². The molecule has 0 saturated carbocycles. The molecular weight excluding hydrogens is 464 g/mol. The Labute approximate surface area is 208 Å². The number of benzene rings is 3. The van der Waals surface area contributed by atoms with Crippen LogP contribution in [0.25, 0.3) is 21.9 Å². The van der Waals surface area contributed by atoms with Gasteiger partial charge in [-0.15, -0.1) is 0 Å². The third-order valence-corrected chi connectivity index (χ3v) is 6.31. The van der Waals surface area contributed by atoms with Crippen LogP contribution in [0.5, 0.6) is 0 Å². The second-order valence-electron chi connectivity index (χ2n) is 8.48. The highest BCUT2D eigenvalue weighted by Crippen LogP contribution is 2.32. The number of esters is 1. The highest BCUT2D eigenvalue weighted by molar-refractivity contribution is 6.30. The molecule has 0 spiro atoms. The van der Waals surface area contributed by atoms with Crippen LogP contribution in [0, 0.1) is 13.8 Å². The molecule has 1 aromatic heterocycles. The number of fused-ring (bicyclic) bond motifs is 1. The molecule has 178 valence electrons. The highest BCUT2D eigenvalue weighted by Gasteiger charge is 2.26. The van der Waals surface area contributed by atoms with Gasteiger partial charge in [0, 0.05) is 28.7 Å². The van der Waals surface area contributed by atoms with Crippen molar-refractivity contribution >= 4 is 39.9 Å². The third kappa shape index (κ3) is 4.84. The lowest BCUT2D eigenvalue weighted by atomic mass is 9.96. The molecule has 1 amide bonds. The summed E-state index contributed by atoms with van der Waals surface area (Å²) in [5, 5.41) is 4.40. The van der Waals surface area contributed by atoms with E-state index in [1.165, 1.54) is 18.5 Å². The molecule has 35 heavy (non-hydrogen) atoms. The number of halogens is 1. The van der Waals surface area contributed by atoms with E-state index in [2.05, 4.69) is 5.32 Å². The Morgan fingerprint density at radius 1 is 0.943 bits per heavy atom. The summed E-state index contributed by atoms with van der Waals surface area (Å²) in [5.41, 5.74) is 3.70.